The quantitative estimate of drug-likeness (QED) is 0.885. The van der Waals surface area contributed by atoms with Crippen molar-refractivity contribution in [2.24, 2.45) is 5.73 Å². The van der Waals surface area contributed by atoms with Gasteiger partial charge < -0.3 is 10.8 Å². The van der Waals surface area contributed by atoms with E-state index in [4.69, 9.17) is 34.0 Å². The first-order chi connectivity index (χ1) is 8.19. The van der Waals surface area contributed by atoms with Crippen LogP contribution in [0.25, 0.3) is 0 Å². The lowest BCUT2D eigenvalue weighted by Crippen LogP contribution is -2.29. The first-order valence-electron chi connectivity index (χ1n) is 5.70. The van der Waals surface area contributed by atoms with Gasteiger partial charge in [0.2, 0.25) is 0 Å². The van der Waals surface area contributed by atoms with Crippen molar-refractivity contribution in [1.29, 1.82) is 0 Å². The summed E-state index contributed by atoms with van der Waals surface area (Å²) in [5.74, 6) is 0. The zero-order valence-corrected chi connectivity index (χ0v) is 11.0. The zero-order valence-electron chi connectivity index (χ0n) is 9.50. The number of nitrogens with zero attached hydrogens (tertiary/aromatic N) is 1. The summed E-state index contributed by atoms with van der Waals surface area (Å²) in [6, 6.07) is 3.76. The number of rotatable bonds is 4. The van der Waals surface area contributed by atoms with Gasteiger partial charge in [-0.3, -0.25) is 4.90 Å². The van der Waals surface area contributed by atoms with E-state index in [9.17, 15) is 0 Å². The third kappa shape index (κ3) is 2.44. The van der Waals surface area contributed by atoms with Crippen LogP contribution in [0.3, 0.4) is 0 Å². The Kier molecular flexibility index (Phi) is 4.28. The molecule has 0 aromatic heterocycles. The Balaban J connectivity index is 2.31. The third-order valence-corrected chi connectivity index (χ3v) is 3.89. The van der Waals surface area contributed by atoms with Gasteiger partial charge in [0.25, 0.3) is 0 Å². The lowest BCUT2D eigenvalue weighted by atomic mass is 10.0. The number of benzene rings is 1. The van der Waals surface area contributed by atoms with Crippen LogP contribution in [0.1, 0.15) is 23.6 Å². The van der Waals surface area contributed by atoms with E-state index in [1.165, 1.54) is 0 Å². The van der Waals surface area contributed by atoms with Gasteiger partial charge in [-0.1, -0.05) is 23.2 Å². The van der Waals surface area contributed by atoms with Crippen LogP contribution < -0.4 is 5.73 Å². The Morgan fingerprint density at radius 3 is 2.71 bits per heavy atom. The van der Waals surface area contributed by atoms with E-state index in [1.807, 2.05) is 12.1 Å². The van der Waals surface area contributed by atoms with Gasteiger partial charge in [0, 0.05) is 42.3 Å². The number of aliphatic hydroxyl groups excluding tert-OH is 1. The second-order valence-electron chi connectivity index (χ2n) is 4.22. The molecule has 1 atom stereocenters. The third-order valence-electron chi connectivity index (χ3n) is 3.21. The van der Waals surface area contributed by atoms with Crippen LogP contribution in [0.5, 0.6) is 0 Å². The van der Waals surface area contributed by atoms with Crippen LogP contribution in [-0.4, -0.2) is 29.7 Å². The predicted octanol–water partition coefficient (Wildman–Crippen LogP) is 2.19. The first-order valence-corrected chi connectivity index (χ1v) is 6.46. The fraction of sp³-hybridized carbons (Fsp3) is 0.500. The highest BCUT2D eigenvalue weighted by molar-refractivity contribution is 6.34. The average molecular weight is 275 g/mol. The van der Waals surface area contributed by atoms with Gasteiger partial charge in [-0.05, 0) is 29.7 Å². The molecular formula is C12H16Cl2N2O. The summed E-state index contributed by atoms with van der Waals surface area (Å²) in [7, 11) is 0. The summed E-state index contributed by atoms with van der Waals surface area (Å²) in [6.07, 6.45) is 0.736. The molecule has 1 aromatic rings. The SMILES string of the molecule is NCC1c2c(Cl)ccc(Cl)c2CN1CCCO. The van der Waals surface area contributed by atoms with Crippen LogP contribution >= 0.6 is 23.2 Å². The summed E-state index contributed by atoms with van der Waals surface area (Å²) in [6.45, 7) is 2.26. The maximum Gasteiger partial charge on any atom is 0.0492 e. The van der Waals surface area contributed by atoms with Crippen molar-refractivity contribution in [3.8, 4) is 0 Å². The molecule has 5 heteroatoms. The molecule has 1 heterocycles. The van der Waals surface area contributed by atoms with Crippen LogP contribution in [-0.2, 0) is 6.54 Å². The molecule has 2 rings (SSSR count). The number of hydrogen-bond acceptors (Lipinski definition) is 3. The molecule has 0 aliphatic carbocycles. The van der Waals surface area contributed by atoms with Crippen LogP contribution in [0.2, 0.25) is 10.0 Å². The maximum atomic E-state index is 8.90. The number of aliphatic hydroxyl groups is 1. The average Bonchev–Trinajstić information content (AvgIpc) is 2.71. The van der Waals surface area contributed by atoms with E-state index < -0.39 is 0 Å². The molecule has 0 amide bonds. The Labute approximate surface area is 111 Å². The van der Waals surface area contributed by atoms with E-state index in [1.54, 1.807) is 0 Å². The second-order valence-corrected chi connectivity index (χ2v) is 5.03. The van der Waals surface area contributed by atoms with Gasteiger partial charge in [0.15, 0.2) is 0 Å². The number of halogens is 2. The van der Waals surface area contributed by atoms with Crippen LogP contribution in [0.4, 0.5) is 0 Å². The van der Waals surface area contributed by atoms with Gasteiger partial charge in [-0.25, -0.2) is 0 Å². The predicted molar refractivity (Wildman–Crippen MR) is 70.4 cm³/mol. The molecule has 1 unspecified atom stereocenters. The van der Waals surface area contributed by atoms with Crippen molar-refractivity contribution >= 4 is 23.2 Å². The number of fused-ring (bicyclic) bond motifs is 1. The van der Waals surface area contributed by atoms with Gasteiger partial charge in [-0.2, -0.15) is 0 Å². The summed E-state index contributed by atoms with van der Waals surface area (Å²) in [4.78, 5) is 2.22. The largest absolute Gasteiger partial charge is 0.396 e. The van der Waals surface area contributed by atoms with E-state index in [0.29, 0.717) is 6.54 Å². The van der Waals surface area contributed by atoms with Crippen molar-refractivity contribution in [3.05, 3.63) is 33.3 Å². The molecule has 0 fully saturated rings. The highest BCUT2D eigenvalue weighted by Crippen LogP contribution is 2.41. The molecule has 3 nitrogen and oxygen atoms in total. The molecule has 94 valence electrons. The summed E-state index contributed by atoms with van der Waals surface area (Å²) >= 11 is 12.4. The Bertz CT molecular complexity index is 412. The van der Waals surface area contributed by atoms with Crippen molar-refractivity contribution in [3.63, 3.8) is 0 Å². The van der Waals surface area contributed by atoms with E-state index in [0.717, 1.165) is 40.7 Å². The fourth-order valence-corrected chi connectivity index (χ4v) is 2.93. The summed E-state index contributed by atoms with van der Waals surface area (Å²) in [5.41, 5.74) is 7.96. The molecular weight excluding hydrogens is 259 g/mol. The minimum Gasteiger partial charge on any atom is -0.396 e. The maximum absolute atomic E-state index is 8.90. The van der Waals surface area contributed by atoms with Crippen molar-refractivity contribution < 1.29 is 5.11 Å². The van der Waals surface area contributed by atoms with Crippen molar-refractivity contribution in [2.45, 2.75) is 19.0 Å². The smallest absolute Gasteiger partial charge is 0.0492 e. The topological polar surface area (TPSA) is 49.5 Å². The first kappa shape index (κ1) is 13.1. The van der Waals surface area contributed by atoms with Crippen LogP contribution in [0, 0.1) is 0 Å². The molecule has 0 bridgehead atoms. The normalized spacial score (nSPS) is 19.6. The molecule has 1 aliphatic rings. The standard InChI is InChI=1S/C12H16Cl2N2O/c13-9-2-3-10(14)12-8(9)7-16(4-1-5-17)11(12)6-15/h2-3,11,17H,1,4-7,15H2. The Hall–Kier alpha value is -0.320. The highest BCUT2D eigenvalue weighted by Gasteiger charge is 2.32. The minimum atomic E-state index is 0.114. The molecule has 0 saturated heterocycles. The lowest BCUT2D eigenvalue weighted by molar-refractivity contribution is 0.190. The van der Waals surface area contributed by atoms with Crippen molar-refractivity contribution in [1.82, 2.24) is 4.90 Å². The minimum absolute atomic E-state index is 0.114. The molecule has 0 spiro atoms. The number of hydrogen-bond donors (Lipinski definition) is 2. The van der Waals surface area contributed by atoms with Crippen molar-refractivity contribution in [2.75, 3.05) is 19.7 Å². The monoisotopic (exact) mass is 274 g/mol. The van der Waals surface area contributed by atoms with E-state index >= 15 is 0 Å². The van der Waals surface area contributed by atoms with E-state index in [-0.39, 0.29) is 12.6 Å². The number of nitrogens with two attached hydrogens (primary N) is 1. The van der Waals surface area contributed by atoms with Crippen LogP contribution in [0.15, 0.2) is 12.1 Å². The summed E-state index contributed by atoms with van der Waals surface area (Å²) < 4.78 is 0. The Morgan fingerprint density at radius 1 is 1.35 bits per heavy atom. The highest BCUT2D eigenvalue weighted by atomic mass is 35.5. The molecule has 0 radical (unpaired) electrons. The molecule has 0 saturated carbocycles. The molecule has 17 heavy (non-hydrogen) atoms. The molecule has 3 N–H and O–H groups in total. The fourth-order valence-electron chi connectivity index (χ4n) is 2.40. The lowest BCUT2D eigenvalue weighted by Gasteiger charge is -2.23. The summed E-state index contributed by atoms with van der Waals surface area (Å²) in [5, 5.41) is 10.4. The Morgan fingerprint density at radius 2 is 2.06 bits per heavy atom. The zero-order chi connectivity index (χ0) is 12.4. The van der Waals surface area contributed by atoms with E-state index in [2.05, 4.69) is 4.90 Å². The molecule has 1 aliphatic heterocycles. The van der Waals surface area contributed by atoms with Gasteiger partial charge >= 0.3 is 0 Å². The van der Waals surface area contributed by atoms with Gasteiger partial charge in [0.05, 0.1) is 0 Å². The van der Waals surface area contributed by atoms with Gasteiger partial charge in [-0.15, -0.1) is 0 Å². The second kappa shape index (κ2) is 5.55. The van der Waals surface area contributed by atoms with Gasteiger partial charge in [0.1, 0.15) is 0 Å². The molecule has 1 aromatic carbocycles.